The lowest BCUT2D eigenvalue weighted by atomic mass is 10.1. The Morgan fingerprint density at radius 1 is 1.38 bits per heavy atom. The molecular weight excluding hydrogens is 274 g/mol. The third kappa shape index (κ3) is 2.98. The molecule has 1 fully saturated rings. The molecule has 0 spiro atoms. The zero-order valence-electron chi connectivity index (χ0n) is 12.7. The average molecular weight is 295 g/mol. The Labute approximate surface area is 123 Å². The van der Waals surface area contributed by atoms with Crippen LogP contribution in [0.1, 0.15) is 37.3 Å². The number of carbonyl (C=O) groups is 2. The minimum absolute atomic E-state index is 0.00249. The first kappa shape index (κ1) is 15.3. The Balaban J connectivity index is 1.91. The second-order valence-electron chi connectivity index (χ2n) is 5.83. The highest BCUT2D eigenvalue weighted by atomic mass is 16.4. The van der Waals surface area contributed by atoms with Gasteiger partial charge in [-0.1, -0.05) is 19.1 Å². The molecule has 1 atom stereocenters. The second kappa shape index (κ2) is 5.71. The summed E-state index contributed by atoms with van der Waals surface area (Å²) in [6, 6.07) is 0.157. The van der Waals surface area contributed by atoms with Crippen molar-refractivity contribution in [1.82, 2.24) is 24.8 Å². The van der Waals surface area contributed by atoms with Gasteiger partial charge < -0.3 is 14.9 Å². The molecule has 21 heavy (non-hydrogen) atoms. The van der Waals surface area contributed by atoms with Crippen LogP contribution in [0.4, 0.5) is 4.79 Å². The van der Waals surface area contributed by atoms with E-state index >= 15 is 0 Å². The molecule has 0 radical (unpaired) electrons. The van der Waals surface area contributed by atoms with Gasteiger partial charge in [0.15, 0.2) is 5.69 Å². The van der Waals surface area contributed by atoms with Crippen LogP contribution in [-0.4, -0.2) is 68.1 Å². The molecule has 1 aliphatic heterocycles. The molecule has 8 nitrogen and oxygen atoms in total. The molecule has 2 rings (SSSR count). The number of hydrogen-bond acceptors (Lipinski definition) is 4. The van der Waals surface area contributed by atoms with E-state index in [1.807, 2.05) is 6.92 Å². The number of aromatic carboxylic acids is 1. The van der Waals surface area contributed by atoms with Crippen molar-refractivity contribution in [3.63, 3.8) is 0 Å². The van der Waals surface area contributed by atoms with Crippen LogP contribution < -0.4 is 0 Å². The van der Waals surface area contributed by atoms with Crippen LogP contribution >= 0.6 is 0 Å². The minimum Gasteiger partial charge on any atom is -0.476 e. The predicted molar refractivity (Wildman–Crippen MR) is 75.1 cm³/mol. The van der Waals surface area contributed by atoms with Crippen LogP contribution in [0.2, 0.25) is 0 Å². The third-order valence-electron chi connectivity index (χ3n) is 4.11. The first-order valence-corrected chi connectivity index (χ1v) is 6.98. The van der Waals surface area contributed by atoms with Crippen LogP contribution in [0.25, 0.3) is 0 Å². The van der Waals surface area contributed by atoms with Gasteiger partial charge in [0.2, 0.25) is 0 Å². The number of aromatic nitrogens is 3. The van der Waals surface area contributed by atoms with E-state index in [0.29, 0.717) is 19.0 Å². The fourth-order valence-corrected chi connectivity index (χ4v) is 2.18. The molecule has 1 aromatic rings. The number of urea groups is 1. The van der Waals surface area contributed by atoms with E-state index in [1.165, 1.54) is 10.9 Å². The van der Waals surface area contributed by atoms with Gasteiger partial charge in [-0.2, -0.15) is 0 Å². The summed E-state index contributed by atoms with van der Waals surface area (Å²) in [5.74, 6) is -0.705. The number of carboxylic acid groups (broad SMARTS) is 1. The second-order valence-corrected chi connectivity index (χ2v) is 5.83. The van der Waals surface area contributed by atoms with Gasteiger partial charge in [0.1, 0.15) is 0 Å². The lowest BCUT2D eigenvalue weighted by Crippen LogP contribution is -2.56. The van der Waals surface area contributed by atoms with Crippen molar-refractivity contribution >= 4 is 12.0 Å². The van der Waals surface area contributed by atoms with E-state index in [1.54, 1.807) is 16.8 Å². The van der Waals surface area contributed by atoms with E-state index in [2.05, 4.69) is 24.2 Å². The Morgan fingerprint density at radius 3 is 2.48 bits per heavy atom. The molecule has 1 N–H and O–H groups in total. The largest absolute Gasteiger partial charge is 0.476 e. The summed E-state index contributed by atoms with van der Waals surface area (Å²) in [7, 11) is 1.80. The van der Waals surface area contributed by atoms with Crippen molar-refractivity contribution in [1.29, 1.82) is 0 Å². The number of rotatable bonds is 4. The minimum atomic E-state index is -1.10. The zero-order chi connectivity index (χ0) is 15.7. The van der Waals surface area contributed by atoms with Crippen molar-refractivity contribution in [2.45, 2.75) is 32.9 Å². The van der Waals surface area contributed by atoms with Crippen molar-refractivity contribution in [3.05, 3.63) is 11.9 Å². The quantitative estimate of drug-likeness (QED) is 0.892. The van der Waals surface area contributed by atoms with Gasteiger partial charge >= 0.3 is 12.0 Å². The zero-order valence-corrected chi connectivity index (χ0v) is 12.7. The summed E-state index contributed by atoms with van der Waals surface area (Å²) in [4.78, 5) is 26.5. The van der Waals surface area contributed by atoms with Gasteiger partial charge in [0.05, 0.1) is 12.2 Å². The monoisotopic (exact) mass is 295 g/mol. The Hall–Kier alpha value is -2.12. The standard InChI is InChI=1S/C13H21N5O3/c1-8(2)9(3)16(4)13(21)17-5-10(6-17)18-7-11(12(19)20)14-15-18/h7-10H,5-6H2,1-4H3,(H,19,20). The van der Waals surface area contributed by atoms with Crippen molar-refractivity contribution < 1.29 is 14.7 Å². The number of likely N-dealkylation sites (tertiary alicyclic amines) is 1. The van der Waals surface area contributed by atoms with Crippen LogP contribution in [-0.2, 0) is 0 Å². The third-order valence-corrected chi connectivity index (χ3v) is 4.11. The van der Waals surface area contributed by atoms with Crippen molar-refractivity contribution in [3.8, 4) is 0 Å². The molecule has 116 valence electrons. The highest BCUT2D eigenvalue weighted by molar-refractivity contribution is 5.84. The maximum Gasteiger partial charge on any atom is 0.358 e. The molecule has 2 heterocycles. The first-order chi connectivity index (χ1) is 9.81. The van der Waals surface area contributed by atoms with E-state index < -0.39 is 5.97 Å². The summed E-state index contributed by atoms with van der Waals surface area (Å²) in [5.41, 5.74) is -0.0784. The lowest BCUT2D eigenvalue weighted by Gasteiger charge is -2.42. The molecule has 1 saturated heterocycles. The van der Waals surface area contributed by atoms with E-state index in [4.69, 9.17) is 5.11 Å². The van der Waals surface area contributed by atoms with Crippen molar-refractivity contribution in [2.75, 3.05) is 20.1 Å². The molecule has 8 heteroatoms. The van der Waals surface area contributed by atoms with Gasteiger partial charge in [0, 0.05) is 26.2 Å². The summed E-state index contributed by atoms with van der Waals surface area (Å²) >= 11 is 0. The molecule has 1 unspecified atom stereocenters. The molecule has 0 saturated carbocycles. The molecule has 0 bridgehead atoms. The fraction of sp³-hybridized carbons (Fsp3) is 0.692. The van der Waals surface area contributed by atoms with Crippen LogP contribution in [0, 0.1) is 5.92 Å². The topological polar surface area (TPSA) is 91.6 Å². The van der Waals surface area contributed by atoms with Gasteiger partial charge in [-0.3, -0.25) is 0 Å². The molecule has 0 aromatic carbocycles. The lowest BCUT2D eigenvalue weighted by molar-refractivity contribution is 0.0689. The molecule has 1 aromatic heterocycles. The fourth-order valence-electron chi connectivity index (χ4n) is 2.18. The maximum absolute atomic E-state index is 12.3. The highest BCUT2D eigenvalue weighted by Crippen LogP contribution is 2.23. The molecule has 1 aliphatic rings. The Bertz CT molecular complexity index is 536. The molecule has 0 aliphatic carbocycles. The Kier molecular flexibility index (Phi) is 4.15. The number of carbonyl (C=O) groups excluding carboxylic acids is 1. The summed E-state index contributed by atoms with van der Waals surface area (Å²) in [6.07, 6.45) is 1.40. The molecule has 2 amide bonds. The van der Waals surface area contributed by atoms with E-state index in [-0.39, 0.29) is 23.8 Å². The van der Waals surface area contributed by atoms with E-state index in [9.17, 15) is 9.59 Å². The van der Waals surface area contributed by atoms with E-state index in [0.717, 1.165) is 0 Å². The number of carboxylic acids is 1. The summed E-state index contributed by atoms with van der Waals surface area (Å²) in [5, 5.41) is 16.2. The van der Waals surface area contributed by atoms with Gasteiger partial charge in [0.25, 0.3) is 0 Å². The normalized spacial score (nSPS) is 16.7. The van der Waals surface area contributed by atoms with Gasteiger partial charge in [-0.25, -0.2) is 14.3 Å². The van der Waals surface area contributed by atoms with Crippen LogP contribution in [0.15, 0.2) is 6.20 Å². The molecular formula is C13H21N5O3. The number of nitrogens with zero attached hydrogens (tertiary/aromatic N) is 5. The highest BCUT2D eigenvalue weighted by Gasteiger charge is 2.35. The smallest absolute Gasteiger partial charge is 0.358 e. The first-order valence-electron chi connectivity index (χ1n) is 6.98. The number of amides is 2. The summed E-state index contributed by atoms with van der Waals surface area (Å²) < 4.78 is 1.51. The Morgan fingerprint density at radius 2 is 2.00 bits per heavy atom. The average Bonchev–Trinajstić information content (AvgIpc) is 2.84. The SMILES string of the molecule is CC(C)C(C)N(C)C(=O)N1CC(n2cc(C(=O)O)nn2)C1. The van der Waals surface area contributed by atoms with Crippen LogP contribution in [0.5, 0.6) is 0 Å². The summed E-state index contributed by atoms with van der Waals surface area (Å²) in [6.45, 7) is 7.23. The van der Waals surface area contributed by atoms with Crippen molar-refractivity contribution in [2.24, 2.45) is 5.92 Å². The van der Waals surface area contributed by atoms with Gasteiger partial charge in [-0.15, -0.1) is 5.10 Å². The number of hydrogen-bond donors (Lipinski definition) is 1. The maximum atomic E-state index is 12.3. The van der Waals surface area contributed by atoms with Gasteiger partial charge in [-0.05, 0) is 12.8 Å². The van der Waals surface area contributed by atoms with Crippen LogP contribution in [0.3, 0.4) is 0 Å². The predicted octanol–water partition coefficient (Wildman–Crippen LogP) is 0.929.